The van der Waals surface area contributed by atoms with Crippen molar-refractivity contribution in [3.8, 4) is 11.5 Å². The van der Waals surface area contributed by atoms with E-state index in [4.69, 9.17) is 14.2 Å². The second-order valence-electron chi connectivity index (χ2n) is 10.5. The van der Waals surface area contributed by atoms with Crippen LogP contribution < -0.4 is 9.47 Å². The molecule has 2 heterocycles. The molecule has 1 atom stereocenters. The van der Waals surface area contributed by atoms with Gasteiger partial charge in [-0.25, -0.2) is 23.2 Å². The Morgan fingerprint density at radius 1 is 0.935 bits per heavy atom. The summed E-state index contributed by atoms with van der Waals surface area (Å²) in [5, 5.41) is 15.5. The molecule has 1 aromatic heterocycles. The van der Waals surface area contributed by atoms with Gasteiger partial charge in [-0.05, 0) is 65.2 Å². The van der Waals surface area contributed by atoms with Crippen LogP contribution in [0.1, 0.15) is 22.3 Å². The topological polar surface area (TPSA) is 95.7 Å². The Kier molecular flexibility index (Phi) is 8.78. The predicted molar refractivity (Wildman–Crippen MR) is 170 cm³/mol. The van der Waals surface area contributed by atoms with Gasteiger partial charge in [0.2, 0.25) is 0 Å². The van der Waals surface area contributed by atoms with Crippen molar-refractivity contribution in [2.24, 2.45) is 0 Å². The maximum atomic E-state index is 14.8. The summed E-state index contributed by atoms with van der Waals surface area (Å²) in [5.74, 6) is -0.735. The minimum Gasteiger partial charge on any atom is -0.497 e. The lowest BCUT2D eigenvalue weighted by atomic mass is 9.94. The maximum Gasteiger partial charge on any atom is 0.344 e. The van der Waals surface area contributed by atoms with E-state index in [2.05, 4.69) is 26.0 Å². The number of carbonyl (C=O) groups is 1. The normalized spacial score (nSPS) is 15.2. The van der Waals surface area contributed by atoms with Crippen LogP contribution >= 0.6 is 15.9 Å². The van der Waals surface area contributed by atoms with Crippen molar-refractivity contribution in [2.45, 2.75) is 12.1 Å². The van der Waals surface area contributed by atoms with Crippen LogP contribution in [0.5, 0.6) is 11.5 Å². The first kappa shape index (κ1) is 30.9. The Bertz CT molecular complexity index is 1930. The van der Waals surface area contributed by atoms with E-state index in [0.29, 0.717) is 45.6 Å². The van der Waals surface area contributed by atoms with Crippen LogP contribution in [-0.4, -0.2) is 39.6 Å². The number of hydrogen-bond donors (Lipinski definition) is 1. The van der Waals surface area contributed by atoms with Gasteiger partial charge in [0, 0.05) is 21.7 Å². The number of esters is 1. The second-order valence-corrected chi connectivity index (χ2v) is 11.4. The summed E-state index contributed by atoms with van der Waals surface area (Å²) in [6.07, 6.45) is 4.42. The van der Waals surface area contributed by atoms with E-state index in [1.165, 1.54) is 23.4 Å². The fraction of sp³-hybridized carbons (Fsp3) is 0.114. The average molecular weight is 687 g/mol. The molecule has 6 rings (SSSR count). The van der Waals surface area contributed by atoms with E-state index >= 15 is 0 Å². The number of benzene rings is 4. The quantitative estimate of drug-likeness (QED) is 0.162. The van der Waals surface area contributed by atoms with E-state index in [9.17, 15) is 18.7 Å². The molecular weight excluding hydrogens is 660 g/mol. The standard InChI is InChI=1S/C35H26BrF2N3O5/c1-44-27-13-6-24(7-14-27)33-32(23-4-8-25(36)9-5-23)31(46-34(33)42)16-22-2-11-28(12-3-22)45-19-35(43,18-41-21-39-20-40-41)29-15-10-26(37)17-30(29)38/h2-17,20-21,43H,18-19H2,1H3/b31-16-. The first-order valence-corrected chi connectivity index (χ1v) is 14.8. The zero-order chi connectivity index (χ0) is 32.3. The second kappa shape index (κ2) is 13.1. The number of ether oxygens (including phenoxy) is 3. The van der Waals surface area contributed by atoms with Crippen molar-refractivity contribution in [1.82, 2.24) is 14.8 Å². The van der Waals surface area contributed by atoms with Crippen molar-refractivity contribution in [2.75, 3.05) is 13.7 Å². The first-order valence-electron chi connectivity index (χ1n) is 14.0. The van der Waals surface area contributed by atoms with Crippen molar-refractivity contribution in [3.05, 3.63) is 148 Å². The number of rotatable bonds is 10. The summed E-state index contributed by atoms with van der Waals surface area (Å²) in [6, 6.07) is 24.6. The minimum absolute atomic E-state index is 0.145. The Labute approximate surface area is 271 Å². The molecular formula is C35H26BrF2N3O5. The minimum atomic E-state index is -1.90. The van der Waals surface area contributed by atoms with Gasteiger partial charge in [0.1, 0.15) is 53.8 Å². The first-order chi connectivity index (χ1) is 22.2. The van der Waals surface area contributed by atoms with Gasteiger partial charge in [-0.2, -0.15) is 5.10 Å². The number of nitrogens with zero attached hydrogens (tertiary/aromatic N) is 3. The SMILES string of the molecule is COc1ccc(C2=C(c3ccc(Br)cc3)/C(=C/c3ccc(OCC(O)(Cn4cncn4)c4ccc(F)cc4F)cc3)OC2=O)cc1. The van der Waals surface area contributed by atoms with Gasteiger partial charge in [0.25, 0.3) is 0 Å². The number of aromatic nitrogens is 3. The third-order valence-corrected chi connectivity index (χ3v) is 7.92. The molecule has 1 N–H and O–H groups in total. The Hall–Kier alpha value is -5.13. The lowest BCUT2D eigenvalue weighted by Crippen LogP contribution is -2.39. The molecule has 1 aliphatic heterocycles. The molecule has 8 nitrogen and oxygen atoms in total. The Morgan fingerprint density at radius 2 is 1.61 bits per heavy atom. The summed E-state index contributed by atoms with van der Waals surface area (Å²) in [6.45, 7) is -0.554. The van der Waals surface area contributed by atoms with Crippen molar-refractivity contribution in [3.63, 3.8) is 0 Å². The fourth-order valence-electron chi connectivity index (χ4n) is 5.12. The van der Waals surface area contributed by atoms with Gasteiger partial charge in [0.15, 0.2) is 0 Å². The average Bonchev–Trinajstić information content (AvgIpc) is 3.68. The molecule has 0 saturated heterocycles. The van der Waals surface area contributed by atoms with Crippen LogP contribution in [0, 0.1) is 11.6 Å². The van der Waals surface area contributed by atoms with Gasteiger partial charge in [-0.1, -0.05) is 58.4 Å². The molecule has 11 heteroatoms. The lowest BCUT2D eigenvalue weighted by Gasteiger charge is -2.29. The maximum absolute atomic E-state index is 14.8. The highest BCUT2D eigenvalue weighted by molar-refractivity contribution is 9.10. The van der Waals surface area contributed by atoms with Crippen LogP contribution in [0.25, 0.3) is 17.2 Å². The van der Waals surface area contributed by atoms with E-state index in [1.54, 1.807) is 49.6 Å². The van der Waals surface area contributed by atoms with Gasteiger partial charge in [-0.15, -0.1) is 0 Å². The van der Waals surface area contributed by atoms with Crippen molar-refractivity contribution < 1.29 is 32.9 Å². The van der Waals surface area contributed by atoms with Crippen molar-refractivity contribution >= 4 is 39.1 Å². The summed E-state index contributed by atoms with van der Waals surface area (Å²) in [5.41, 5.74) is 1.22. The molecule has 0 spiro atoms. The largest absolute Gasteiger partial charge is 0.497 e. The number of allylic oxidation sites excluding steroid dienone is 1. The molecule has 0 fully saturated rings. The summed E-state index contributed by atoms with van der Waals surface area (Å²) < 4.78 is 47.6. The third kappa shape index (κ3) is 6.60. The van der Waals surface area contributed by atoms with E-state index in [-0.39, 0.29) is 18.7 Å². The van der Waals surface area contributed by atoms with Gasteiger partial charge >= 0.3 is 5.97 Å². The van der Waals surface area contributed by atoms with E-state index in [1.807, 2.05) is 36.4 Å². The number of halogens is 3. The van der Waals surface area contributed by atoms with Crippen LogP contribution in [0.15, 0.2) is 114 Å². The molecule has 1 unspecified atom stereocenters. The van der Waals surface area contributed by atoms with Crippen LogP contribution in [0.2, 0.25) is 0 Å². The summed E-state index contributed by atoms with van der Waals surface area (Å²) >= 11 is 3.47. The third-order valence-electron chi connectivity index (χ3n) is 7.39. The molecule has 0 radical (unpaired) electrons. The molecule has 5 aromatic rings. The van der Waals surface area contributed by atoms with Gasteiger partial charge < -0.3 is 19.3 Å². The molecule has 4 aromatic carbocycles. The molecule has 0 aliphatic carbocycles. The van der Waals surface area contributed by atoms with E-state index in [0.717, 1.165) is 16.1 Å². The zero-order valence-electron chi connectivity index (χ0n) is 24.4. The van der Waals surface area contributed by atoms with Gasteiger partial charge in [-0.3, -0.25) is 0 Å². The number of cyclic esters (lactones) is 1. The molecule has 0 bridgehead atoms. The van der Waals surface area contributed by atoms with Crippen LogP contribution in [0.4, 0.5) is 8.78 Å². The van der Waals surface area contributed by atoms with Crippen LogP contribution in [0.3, 0.4) is 0 Å². The number of methoxy groups -OCH3 is 1. The van der Waals surface area contributed by atoms with Crippen LogP contribution in [-0.2, 0) is 21.7 Å². The number of hydrogen-bond acceptors (Lipinski definition) is 7. The van der Waals surface area contributed by atoms with Crippen molar-refractivity contribution in [1.29, 1.82) is 0 Å². The molecule has 0 saturated carbocycles. The smallest absolute Gasteiger partial charge is 0.344 e. The molecule has 232 valence electrons. The summed E-state index contributed by atoms with van der Waals surface area (Å²) in [7, 11) is 1.58. The Morgan fingerprint density at radius 3 is 2.26 bits per heavy atom. The fourth-order valence-corrected chi connectivity index (χ4v) is 5.39. The number of aliphatic hydroxyl groups is 1. The monoisotopic (exact) mass is 685 g/mol. The lowest BCUT2D eigenvalue weighted by molar-refractivity contribution is -0.131. The predicted octanol–water partition coefficient (Wildman–Crippen LogP) is 6.80. The van der Waals surface area contributed by atoms with Gasteiger partial charge in [0.05, 0.1) is 19.2 Å². The summed E-state index contributed by atoms with van der Waals surface area (Å²) in [4.78, 5) is 17.1. The highest BCUT2D eigenvalue weighted by Crippen LogP contribution is 2.41. The highest BCUT2D eigenvalue weighted by atomic mass is 79.9. The number of carbonyl (C=O) groups excluding carboxylic acids is 1. The van der Waals surface area contributed by atoms with E-state index < -0.39 is 23.2 Å². The Balaban J connectivity index is 1.28. The highest BCUT2D eigenvalue weighted by Gasteiger charge is 2.35. The molecule has 1 aliphatic rings. The zero-order valence-corrected chi connectivity index (χ0v) is 25.9. The molecule has 46 heavy (non-hydrogen) atoms. The molecule has 0 amide bonds.